The molecule has 2 N–H and O–H groups in total. The van der Waals surface area contributed by atoms with Crippen LogP contribution in [-0.4, -0.2) is 15.7 Å². The quantitative estimate of drug-likeness (QED) is 0.418. The summed E-state index contributed by atoms with van der Waals surface area (Å²) in [7, 11) is -4.69. The largest absolute Gasteiger partial charge is 0.481 e. The maximum absolute atomic E-state index is 10.8. The minimum absolute atomic E-state index is 0.280. The van der Waals surface area contributed by atoms with Crippen LogP contribution in [0.2, 0.25) is 0 Å². The highest BCUT2D eigenvalue weighted by atomic mass is 35.7. The van der Waals surface area contributed by atoms with E-state index in [9.17, 15) is 4.79 Å². The molecule has 0 saturated heterocycles. The van der Waals surface area contributed by atoms with Gasteiger partial charge in [0.05, 0.1) is 14.9 Å². The number of aromatic nitrogens is 1. The molecule has 1 aliphatic carbocycles. The number of fused-ring (bicyclic) bond motifs is 1. The molecule has 0 unspecified atom stereocenters. The zero-order chi connectivity index (χ0) is 23.6. The van der Waals surface area contributed by atoms with E-state index in [-0.39, 0.29) is 6.42 Å². The Morgan fingerprint density at radius 3 is 2.34 bits per heavy atom. The number of rotatable bonds is 9. The van der Waals surface area contributed by atoms with Crippen LogP contribution in [0.3, 0.4) is 0 Å². The molecule has 1 heterocycles. The highest BCUT2D eigenvalue weighted by Crippen LogP contribution is 2.28. The summed E-state index contributed by atoms with van der Waals surface area (Å²) >= 11 is 0. The minimum atomic E-state index is -4.69. The van der Waals surface area contributed by atoms with E-state index in [0.29, 0.717) is 0 Å². The van der Waals surface area contributed by atoms with Gasteiger partial charge in [-0.3, -0.25) is 4.79 Å². The van der Waals surface area contributed by atoms with Crippen molar-refractivity contribution in [2.24, 2.45) is 0 Å². The number of unbranched alkanes of at least 4 members (excludes halogenated alkanes) is 2. The topological polar surface area (TPSA) is 131 Å². The second-order valence-electron chi connectivity index (χ2n) is 8.06. The number of carboxylic acids is 1. The summed E-state index contributed by atoms with van der Waals surface area (Å²) in [6, 6.07) is 13.2. The first-order chi connectivity index (χ1) is 15.2. The summed E-state index contributed by atoms with van der Waals surface area (Å²) in [4.78, 5) is 10.8. The Hall–Kier alpha value is -2.03. The number of pyridine rings is 1. The first-order valence-electron chi connectivity index (χ1n) is 11.2. The Kier molecular flexibility index (Phi) is 10.5. The molecular weight excluding hydrogens is 434 g/mol. The standard InChI is InChI=1S/C24H31NO2.ClHO4/c1-2-11-22-21-15-9-8-14-20(21)18-23(19-12-5-3-6-13-19)25(22)17-10-4-7-16-24(26)27;2-1(3,4)5/h3,5-6,12-13,18H,2,4,7-11,14-17H2,1H3;(H,2,3,4,5)/p+1. The van der Waals surface area contributed by atoms with Crippen LogP contribution in [0.5, 0.6) is 0 Å². The lowest BCUT2D eigenvalue weighted by Crippen LogP contribution is -2.58. The Morgan fingerprint density at radius 1 is 1.06 bits per heavy atom. The van der Waals surface area contributed by atoms with E-state index in [0.717, 1.165) is 38.6 Å². The molecule has 2 aromatic rings. The second kappa shape index (κ2) is 12.9. The Bertz CT molecular complexity index is 861. The van der Waals surface area contributed by atoms with E-state index < -0.39 is 16.2 Å². The molecule has 3 rings (SSSR count). The molecular formula is C24H33ClNO6+. The van der Waals surface area contributed by atoms with Gasteiger partial charge in [0.25, 0.3) is 0 Å². The van der Waals surface area contributed by atoms with Gasteiger partial charge in [-0.05, 0) is 62.6 Å². The fourth-order valence-electron chi connectivity index (χ4n) is 4.32. The van der Waals surface area contributed by atoms with Crippen molar-refractivity contribution in [3.05, 3.63) is 53.2 Å². The molecule has 1 aromatic heterocycles. The predicted octanol–water partition coefficient (Wildman–Crippen LogP) is 0.993. The lowest BCUT2D eigenvalue weighted by molar-refractivity contribution is -1.92. The summed E-state index contributed by atoms with van der Waals surface area (Å²) in [5.41, 5.74) is 7.28. The zero-order valence-corrected chi connectivity index (χ0v) is 19.4. The third kappa shape index (κ3) is 8.84. The number of carbonyl (C=O) groups is 1. The lowest BCUT2D eigenvalue weighted by atomic mass is 9.88. The number of nitrogens with zero attached hydrogens (tertiary/aromatic N) is 1. The van der Waals surface area contributed by atoms with Gasteiger partial charge in [-0.1, -0.05) is 25.1 Å². The molecule has 0 fully saturated rings. The lowest BCUT2D eigenvalue weighted by Gasteiger charge is -2.20. The summed E-state index contributed by atoms with van der Waals surface area (Å²) in [6.45, 7) is 3.24. The number of hydrogen-bond donors (Lipinski definition) is 2. The van der Waals surface area contributed by atoms with Crippen molar-refractivity contribution in [2.45, 2.75) is 77.7 Å². The average molecular weight is 467 g/mol. The molecule has 0 atom stereocenters. The molecule has 0 bridgehead atoms. The molecule has 32 heavy (non-hydrogen) atoms. The summed E-state index contributed by atoms with van der Waals surface area (Å²) in [5.74, 6) is -0.687. The van der Waals surface area contributed by atoms with Gasteiger partial charge in [0.15, 0.2) is 5.69 Å². The molecule has 8 heteroatoms. The molecule has 176 valence electrons. The van der Waals surface area contributed by atoms with E-state index in [1.54, 1.807) is 11.1 Å². The second-order valence-corrected chi connectivity index (χ2v) is 8.85. The van der Waals surface area contributed by atoms with Crippen LogP contribution < -0.4 is 18.5 Å². The maximum Gasteiger partial charge on any atom is 0.303 e. The van der Waals surface area contributed by atoms with Crippen LogP contribution in [0.4, 0.5) is 0 Å². The monoisotopic (exact) mass is 466 g/mol. The normalized spacial score (nSPS) is 13.2. The van der Waals surface area contributed by atoms with Crippen LogP contribution in [0.25, 0.3) is 11.3 Å². The van der Waals surface area contributed by atoms with E-state index in [1.807, 2.05) is 0 Å². The van der Waals surface area contributed by atoms with Gasteiger partial charge in [-0.15, -0.1) is 0 Å². The van der Waals surface area contributed by atoms with Crippen molar-refractivity contribution in [3.63, 3.8) is 0 Å². The van der Waals surface area contributed by atoms with Gasteiger partial charge in [-0.2, -0.15) is 18.5 Å². The number of aliphatic carboxylic acids is 1. The Morgan fingerprint density at radius 2 is 1.72 bits per heavy atom. The third-order valence-corrected chi connectivity index (χ3v) is 5.62. The minimum Gasteiger partial charge on any atom is -0.481 e. The van der Waals surface area contributed by atoms with E-state index in [1.165, 1.54) is 42.6 Å². The number of carboxylic acid groups (broad SMARTS) is 1. The van der Waals surface area contributed by atoms with Gasteiger partial charge in [0, 0.05) is 36.5 Å². The first kappa shape index (κ1) is 26.2. The Labute approximate surface area is 191 Å². The van der Waals surface area contributed by atoms with Crippen molar-refractivity contribution >= 4 is 5.97 Å². The van der Waals surface area contributed by atoms with E-state index in [2.05, 4.69) is 47.9 Å². The average Bonchev–Trinajstić information content (AvgIpc) is 2.73. The van der Waals surface area contributed by atoms with Gasteiger partial charge >= 0.3 is 5.97 Å². The van der Waals surface area contributed by atoms with Crippen LogP contribution in [-0.2, 0) is 30.6 Å². The summed E-state index contributed by atoms with van der Waals surface area (Å²) in [5, 5.41) is 8.86. The number of aryl methyl sites for hydroxylation is 1. The third-order valence-electron chi connectivity index (χ3n) is 5.62. The highest BCUT2D eigenvalue weighted by Gasteiger charge is 2.26. The first-order valence-corrected chi connectivity index (χ1v) is 12.4. The fraction of sp³-hybridized carbons (Fsp3) is 0.500. The number of halogens is 1. The van der Waals surface area contributed by atoms with Gasteiger partial charge in [-0.25, -0.2) is 0 Å². The molecule has 0 saturated carbocycles. The van der Waals surface area contributed by atoms with Crippen molar-refractivity contribution in [2.75, 3.05) is 0 Å². The number of hydrogen-bond acceptors (Lipinski definition) is 5. The molecule has 0 spiro atoms. The van der Waals surface area contributed by atoms with Gasteiger partial charge < -0.3 is 5.11 Å². The summed E-state index contributed by atoms with van der Waals surface area (Å²) in [6.07, 6.45) is 10.3. The van der Waals surface area contributed by atoms with E-state index >= 15 is 0 Å². The van der Waals surface area contributed by atoms with Crippen LogP contribution in [0.1, 0.15) is 68.7 Å². The zero-order valence-electron chi connectivity index (χ0n) is 18.6. The Balaban J connectivity index is 0.000000654. The molecule has 0 amide bonds. The molecule has 0 radical (unpaired) electrons. The van der Waals surface area contributed by atoms with Crippen LogP contribution in [0, 0.1) is 10.2 Å². The molecule has 0 aliphatic heterocycles. The predicted molar refractivity (Wildman–Crippen MR) is 111 cm³/mol. The smallest absolute Gasteiger partial charge is 0.303 e. The number of benzene rings is 1. The van der Waals surface area contributed by atoms with Crippen LogP contribution in [0.15, 0.2) is 36.4 Å². The maximum atomic E-state index is 10.8. The van der Waals surface area contributed by atoms with Crippen LogP contribution >= 0.6 is 0 Å². The molecule has 7 nitrogen and oxygen atoms in total. The van der Waals surface area contributed by atoms with Crippen molar-refractivity contribution in [3.8, 4) is 11.3 Å². The van der Waals surface area contributed by atoms with E-state index in [4.69, 9.17) is 23.7 Å². The SMILES string of the molecule is CCCc1c2c(cc(-c3ccccc3)[n+]1CCCCCC(=O)O)CCCC2.[O-][Cl+3]([O-])([O-])O. The summed E-state index contributed by atoms with van der Waals surface area (Å²) < 4.78 is 35.3. The fourth-order valence-corrected chi connectivity index (χ4v) is 4.32. The van der Waals surface area contributed by atoms with Crippen molar-refractivity contribution in [1.29, 1.82) is 0 Å². The van der Waals surface area contributed by atoms with Crippen molar-refractivity contribution in [1.82, 2.24) is 0 Å². The molecule has 1 aromatic carbocycles. The van der Waals surface area contributed by atoms with Gasteiger partial charge in [0.1, 0.15) is 6.54 Å². The highest BCUT2D eigenvalue weighted by molar-refractivity contribution is 5.66. The van der Waals surface area contributed by atoms with Gasteiger partial charge in [0.2, 0.25) is 5.69 Å². The van der Waals surface area contributed by atoms with Crippen molar-refractivity contribution < 1.29 is 43.3 Å². The molecule has 1 aliphatic rings.